The lowest BCUT2D eigenvalue weighted by atomic mass is 9.94. The molecule has 0 saturated heterocycles. The summed E-state index contributed by atoms with van der Waals surface area (Å²) in [5, 5.41) is 5.02. The minimum Gasteiger partial charge on any atom is -0.309 e. The molecular weight excluding hydrogens is 729 g/mol. The molecular formula is C56H42N4. The Balaban J connectivity index is 0.982. The highest BCUT2D eigenvalue weighted by Crippen LogP contribution is 2.39. The highest BCUT2D eigenvalue weighted by atomic mass is 15.0. The number of nitrogens with zero attached hydrogens (tertiary/aromatic N) is 4. The first-order valence-electron chi connectivity index (χ1n) is 20.7. The van der Waals surface area contributed by atoms with Gasteiger partial charge < -0.3 is 9.13 Å². The van der Waals surface area contributed by atoms with Gasteiger partial charge in [0, 0.05) is 49.6 Å². The highest BCUT2D eigenvalue weighted by Gasteiger charge is 2.18. The molecule has 286 valence electrons. The summed E-state index contributed by atoms with van der Waals surface area (Å²) in [6.07, 6.45) is 0. The number of hydrogen-bond acceptors (Lipinski definition) is 2. The van der Waals surface area contributed by atoms with Crippen LogP contribution < -0.4 is 0 Å². The molecule has 8 aromatic carbocycles. The predicted octanol–water partition coefficient (Wildman–Crippen LogP) is 14.6. The first-order valence-corrected chi connectivity index (χ1v) is 20.7. The fourth-order valence-corrected chi connectivity index (χ4v) is 9.21. The zero-order valence-electron chi connectivity index (χ0n) is 34.1. The van der Waals surface area contributed by atoms with Crippen LogP contribution in [0.2, 0.25) is 0 Å². The predicted molar refractivity (Wildman–Crippen MR) is 251 cm³/mol. The van der Waals surface area contributed by atoms with Crippen LogP contribution in [-0.2, 0) is 0 Å². The van der Waals surface area contributed by atoms with Gasteiger partial charge in [-0.1, -0.05) is 139 Å². The number of para-hydroxylation sites is 3. The Morgan fingerprint density at radius 3 is 1.28 bits per heavy atom. The van der Waals surface area contributed by atoms with Crippen LogP contribution in [0.25, 0.3) is 100 Å². The summed E-state index contributed by atoms with van der Waals surface area (Å²) in [6, 6.07) is 65.8. The Kier molecular flexibility index (Phi) is 8.35. The zero-order valence-corrected chi connectivity index (χ0v) is 34.1. The van der Waals surface area contributed by atoms with Crippen molar-refractivity contribution >= 4 is 43.6 Å². The van der Waals surface area contributed by atoms with E-state index in [-0.39, 0.29) is 0 Å². The summed E-state index contributed by atoms with van der Waals surface area (Å²) in [7, 11) is 0. The number of aryl methyl sites for hydroxylation is 4. The Morgan fingerprint density at radius 1 is 0.333 bits per heavy atom. The number of hydrogen-bond donors (Lipinski definition) is 0. The van der Waals surface area contributed by atoms with E-state index < -0.39 is 0 Å². The SMILES string of the molecule is Cc1ccc(-c2cc(-c3ccc(-c4c(C)cc(-n5c6ccccc6c6cc(-n7c8ccccc8c8ccccc87)ccc65)cc4C)cc3)nc(-c3ccc(C)cc3)n2)cc1. The van der Waals surface area contributed by atoms with E-state index in [1.54, 1.807) is 0 Å². The van der Waals surface area contributed by atoms with Crippen LogP contribution in [0.15, 0.2) is 182 Å². The molecule has 3 aromatic heterocycles. The van der Waals surface area contributed by atoms with Crippen molar-refractivity contribution in [3.63, 3.8) is 0 Å². The molecule has 60 heavy (non-hydrogen) atoms. The van der Waals surface area contributed by atoms with Gasteiger partial charge in [-0.3, -0.25) is 0 Å². The highest BCUT2D eigenvalue weighted by molar-refractivity contribution is 6.12. The lowest BCUT2D eigenvalue weighted by Crippen LogP contribution is -1.99. The van der Waals surface area contributed by atoms with Crippen molar-refractivity contribution in [3.05, 3.63) is 204 Å². The smallest absolute Gasteiger partial charge is 0.160 e. The molecule has 0 aliphatic carbocycles. The normalized spacial score (nSPS) is 11.7. The van der Waals surface area contributed by atoms with Crippen LogP contribution >= 0.6 is 0 Å². The van der Waals surface area contributed by atoms with Crippen molar-refractivity contribution in [1.29, 1.82) is 0 Å². The molecule has 0 radical (unpaired) electrons. The number of benzene rings is 8. The van der Waals surface area contributed by atoms with E-state index in [4.69, 9.17) is 9.97 Å². The molecule has 0 fully saturated rings. The third-order valence-corrected chi connectivity index (χ3v) is 12.1. The van der Waals surface area contributed by atoms with Gasteiger partial charge in [0.25, 0.3) is 0 Å². The fraction of sp³-hybridized carbons (Fsp3) is 0.0714. The van der Waals surface area contributed by atoms with Gasteiger partial charge in [-0.2, -0.15) is 0 Å². The molecule has 0 amide bonds. The maximum atomic E-state index is 5.11. The maximum absolute atomic E-state index is 5.11. The van der Waals surface area contributed by atoms with Crippen molar-refractivity contribution in [2.75, 3.05) is 0 Å². The maximum Gasteiger partial charge on any atom is 0.160 e. The largest absolute Gasteiger partial charge is 0.309 e. The summed E-state index contributed by atoms with van der Waals surface area (Å²) in [5.74, 6) is 0.724. The molecule has 4 nitrogen and oxygen atoms in total. The van der Waals surface area contributed by atoms with Crippen molar-refractivity contribution in [1.82, 2.24) is 19.1 Å². The second-order valence-electron chi connectivity index (χ2n) is 16.1. The van der Waals surface area contributed by atoms with Crippen LogP contribution in [0.3, 0.4) is 0 Å². The third-order valence-electron chi connectivity index (χ3n) is 12.1. The Hall–Kier alpha value is -7.56. The molecule has 4 heteroatoms. The summed E-state index contributed by atoms with van der Waals surface area (Å²) in [4.78, 5) is 10.1. The van der Waals surface area contributed by atoms with E-state index in [2.05, 4.69) is 219 Å². The Labute approximate surface area is 349 Å². The Bertz CT molecular complexity index is 3300. The number of aromatic nitrogens is 4. The fourth-order valence-electron chi connectivity index (χ4n) is 9.21. The zero-order chi connectivity index (χ0) is 40.5. The van der Waals surface area contributed by atoms with E-state index in [1.165, 1.54) is 77.0 Å². The summed E-state index contributed by atoms with van der Waals surface area (Å²) in [5.41, 5.74) is 19.4. The van der Waals surface area contributed by atoms with Gasteiger partial charge in [-0.05, 0) is 105 Å². The quantitative estimate of drug-likeness (QED) is 0.169. The van der Waals surface area contributed by atoms with Gasteiger partial charge >= 0.3 is 0 Å². The van der Waals surface area contributed by atoms with Gasteiger partial charge in [0.1, 0.15) is 0 Å². The van der Waals surface area contributed by atoms with Gasteiger partial charge in [-0.25, -0.2) is 9.97 Å². The van der Waals surface area contributed by atoms with E-state index in [0.717, 1.165) is 45.3 Å². The second-order valence-corrected chi connectivity index (χ2v) is 16.1. The molecule has 0 aliphatic rings. The standard InChI is InChI=1S/C56H42N4/c1-35-17-21-39(22-18-35)49-34-50(58-56(57-49)42-23-19-36(2)20-24-42)40-25-27-41(28-26-40)55-37(3)31-44(32-38(55)4)60-53-16-10-7-13-47(53)48-33-43(29-30-54(48)60)59-51-14-8-5-11-45(51)46-12-6-9-15-52(46)59/h5-34H,1-4H3. The lowest BCUT2D eigenvalue weighted by Gasteiger charge is -2.16. The van der Waals surface area contributed by atoms with E-state index in [9.17, 15) is 0 Å². The van der Waals surface area contributed by atoms with Gasteiger partial charge in [0.2, 0.25) is 0 Å². The van der Waals surface area contributed by atoms with Crippen LogP contribution in [0, 0.1) is 27.7 Å². The average molecular weight is 771 g/mol. The first-order chi connectivity index (χ1) is 29.4. The summed E-state index contributed by atoms with van der Waals surface area (Å²) >= 11 is 0. The van der Waals surface area contributed by atoms with Crippen molar-refractivity contribution < 1.29 is 0 Å². The van der Waals surface area contributed by atoms with Crippen LogP contribution in [-0.4, -0.2) is 19.1 Å². The summed E-state index contributed by atoms with van der Waals surface area (Å²) < 4.78 is 4.83. The molecule has 0 N–H and O–H groups in total. The molecule has 0 saturated carbocycles. The van der Waals surface area contributed by atoms with Crippen molar-refractivity contribution in [2.45, 2.75) is 27.7 Å². The van der Waals surface area contributed by atoms with Gasteiger partial charge in [0.05, 0.1) is 33.5 Å². The van der Waals surface area contributed by atoms with Crippen LogP contribution in [0.1, 0.15) is 22.3 Å². The average Bonchev–Trinajstić information content (AvgIpc) is 3.79. The van der Waals surface area contributed by atoms with Gasteiger partial charge in [0.15, 0.2) is 5.82 Å². The molecule has 11 rings (SSSR count). The number of rotatable bonds is 6. The second kappa shape index (κ2) is 14.1. The molecule has 0 aliphatic heterocycles. The number of fused-ring (bicyclic) bond motifs is 6. The molecule has 0 spiro atoms. The third kappa shape index (κ3) is 5.91. The molecule has 0 unspecified atom stereocenters. The van der Waals surface area contributed by atoms with Crippen LogP contribution in [0.5, 0.6) is 0 Å². The van der Waals surface area contributed by atoms with Crippen molar-refractivity contribution in [2.24, 2.45) is 0 Å². The summed E-state index contributed by atoms with van der Waals surface area (Å²) in [6.45, 7) is 8.68. The van der Waals surface area contributed by atoms with Crippen LogP contribution in [0.4, 0.5) is 0 Å². The minimum absolute atomic E-state index is 0.724. The Morgan fingerprint density at radius 2 is 0.750 bits per heavy atom. The topological polar surface area (TPSA) is 35.6 Å². The van der Waals surface area contributed by atoms with E-state index >= 15 is 0 Å². The van der Waals surface area contributed by atoms with Gasteiger partial charge in [-0.15, -0.1) is 0 Å². The first kappa shape index (κ1) is 35.6. The molecule has 0 bridgehead atoms. The lowest BCUT2D eigenvalue weighted by molar-refractivity contribution is 1.15. The molecule has 3 heterocycles. The molecule has 11 aromatic rings. The minimum atomic E-state index is 0.724. The monoisotopic (exact) mass is 770 g/mol. The van der Waals surface area contributed by atoms with E-state index in [0.29, 0.717) is 0 Å². The van der Waals surface area contributed by atoms with Crippen molar-refractivity contribution in [3.8, 4) is 56.4 Å². The van der Waals surface area contributed by atoms with E-state index in [1.807, 2.05) is 0 Å². The molecule has 0 atom stereocenters.